The van der Waals surface area contributed by atoms with Crippen LogP contribution in [0, 0.1) is 5.92 Å². The molecule has 0 bridgehead atoms. The van der Waals surface area contributed by atoms with E-state index in [1.54, 1.807) is 4.90 Å². The fourth-order valence-corrected chi connectivity index (χ4v) is 5.49. The summed E-state index contributed by atoms with van der Waals surface area (Å²) < 4.78 is 85.5. The predicted octanol–water partition coefficient (Wildman–Crippen LogP) is 5.11. The number of fused-ring (bicyclic) bond motifs is 1. The third kappa shape index (κ3) is 6.90. The van der Waals surface area contributed by atoms with Crippen molar-refractivity contribution in [2.24, 2.45) is 5.92 Å². The zero-order chi connectivity index (χ0) is 30.8. The van der Waals surface area contributed by atoms with Crippen molar-refractivity contribution in [3.63, 3.8) is 0 Å². The summed E-state index contributed by atoms with van der Waals surface area (Å²) in [6.07, 6.45) is -9.85. The molecule has 1 fully saturated rings. The number of likely N-dealkylation sites (tertiary alicyclic amines) is 1. The highest BCUT2D eigenvalue weighted by Crippen LogP contribution is 2.42. The monoisotopic (exact) mass is 600 g/mol. The molecular weight excluding hydrogens is 570 g/mol. The molecule has 1 saturated heterocycles. The molecule has 3 amide bonds. The first kappa shape index (κ1) is 31.0. The van der Waals surface area contributed by atoms with E-state index >= 15 is 0 Å². The van der Waals surface area contributed by atoms with Gasteiger partial charge >= 0.3 is 24.4 Å². The number of hydrogen-bond acceptors (Lipinski definition) is 5. The lowest BCUT2D eigenvalue weighted by molar-refractivity contribution is -0.149. The molecule has 14 heteroatoms. The van der Waals surface area contributed by atoms with Crippen LogP contribution in [0.2, 0.25) is 0 Å². The van der Waals surface area contributed by atoms with Crippen LogP contribution in [0.3, 0.4) is 0 Å². The number of halogens is 6. The van der Waals surface area contributed by atoms with Gasteiger partial charge in [0, 0.05) is 37.8 Å². The van der Waals surface area contributed by atoms with E-state index in [2.05, 4.69) is 5.32 Å². The molecule has 2 heterocycles. The SMILES string of the molecule is COC(=O)C(CC(=O)N1CCC(N2CCc3ccccc3NC2=O)CC1)Cc1cc(C(F)(F)F)c(N)c(C(F)(F)F)c1. The number of esters is 1. The number of nitrogen functional groups attached to an aromatic ring is 1. The number of ether oxygens (including phenoxy) is 1. The smallest absolute Gasteiger partial charge is 0.418 e. The van der Waals surface area contributed by atoms with Crippen molar-refractivity contribution in [1.29, 1.82) is 0 Å². The number of nitrogens with two attached hydrogens (primary N) is 1. The maximum Gasteiger partial charge on any atom is 0.418 e. The lowest BCUT2D eigenvalue weighted by Crippen LogP contribution is -2.50. The van der Waals surface area contributed by atoms with E-state index in [4.69, 9.17) is 10.5 Å². The second-order valence-electron chi connectivity index (χ2n) is 10.4. The van der Waals surface area contributed by atoms with E-state index < -0.39 is 65.4 Å². The largest absolute Gasteiger partial charge is 0.469 e. The molecule has 42 heavy (non-hydrogen) atoms. The summed E-state index contributed by atoms with van der Waals surface area (Å²) >= 11 is 0. The first-order chi connectivity index (χ1) is 19.7. The number of urea groups is 1. The van der Waals surface area contributed by atoms with Gasteiger partial charge in [-0.1, -0.05) is 18.2 Å². The number of carbonyl (C=O) groups excluding carboxylic acids is 3. The zero-order valence-corrected chi connectivity index (χ0v) is 22.6. The van der Waals surface area contributed by atoms with E-state index in [0.29, 0.717) is 37.9 Å². The summed E-state index contributed by atoms with van der Waals surface area (Å²) in [5.74, 6) is -2.78. The summed E-state index contributed by atoms with van der Waals surface area (Å²) in [4.78, 5) is 41.6. The third-order valence-corrected chi connectivity index (χ3v) is 7.69. The molecule has 4 rings (SSSR count). The van der Waals surface area contributed by atoms with Gasteiger partial charge in [-0.05, 0) is 55.0 Å². The Balaban J connectivity index is 1.43. The van der Waals surface area contributed by atoms with Crippen LogP contribution in [0.15, 0.2) is 36.4 Å². The number of amides is 3. The van der Waals surface area contributed by atoms with E-state index in [1.165, 1.54) is 4.90 Å². The molecule has 2 aromatic rings. The van der Waals surface area contributed by atoms with Crippen molar-refractivity contribution < 1.29 is 45.5 Å². The van der Waals surface area contributed by atoms with Gasteiger partial charge in [0.15, 0.2) is 0 Å². The van der Waals surface area contributed by atoms with Crippen LogP contribution in [0.5, 0.6) is 0 Å². The van der Waals surface area contributed by atoms with Crippen LogP contribution in [0.25, 0.3) is 0 Å². The summed E-state index contributed by atoms with van der Waals surface area (Å²) in [6.45, 7) is 1.01. The lowest BCUT2D eigenvalue weighted by atomic mass is 9.91. The number of methoxy groups -OCH3 is 1. The normalized spacial score (nSPS) is 17.3. The Hall–Kier alpha value is -3.97. The van der Waals surface area contributed by atoms with Gasteiger partial charge in [0.1, 0.15) is 0 Å². The lowest BCUT2D eigenvalue weighted by Gasteiger charge is -2.38. The quantitative estimate of drug-likeness (QED) is 0.273. The Labute approximate surface area is 237 Å². The van der Waals surface area contributed by atoms with E-state index in [-0.39, 0.29) is 25.2 Å². The average Bonchev–Trinajstić information content (AvgIpc) is 3.09. The average molecular weight is 601 g/mol. The van der Waals surface area contributed by atoms with E-state index in [1.807, 2.05) is 24.3 Å². The Bertz CT molecular complexity index is 1300. The molecule has 2 aliphatic heterocycles. The highest BCUT2D eigenvalue weighted by molar-refractivity contribution is 5.91. The minimum absolute atomic E-state index is 0.142. The molecule has 0 aliphatic carbocycles. The van der Waals surface area contributed by atoms with Gasteiger partial charge < -0.3 is 25.6 Å². The fourth-order valence-electron chi connectivity index (χ4n) is 5.49. The van der Waals surface area contributed by atoms with Gasteiger partial charge in [-0.25, -0.2) is 4.79 Å². The first-order valence-electron chi connectivity index (χ1n) is 13.3. The number of rotatable bonds is 6. The first-order valence-corrected chi connectivity index (χ1v) is 13.3. The highest BCUT2D eigenvalue weighted by Gasteiger charge is 2.41. The summed E-state index contributed by atoms with van der Waals surface area (Å²) in [7, 11) is 1.01. The van der Waals surface area contributed by atoms with Crippen LogP contribution >= 0.6 is 0 Å². The summed E-state index contributed by atoms with van der Waals surface area (Å²) in [6, 6.07) is 8.03. The predicted molar refractivity (Wildman–Crippen MR) is 140 cm³/mol. The summed E-state index contributed by atoms with van der Waals surface area (Å²) in [5.41, 5.74) is 1.69. The number of nitrogens with zero attached hydrogens (tertiary/aromatic N) is 2. The second-order valence-corrected chi connectivity index (χ2v) is 10.4. The maximum atomic E-state index is 13.5. The topological polar surface area (TPSA) is 105 Å². The van der Waals surface area contributed by atoms with Gasteiger partial charge in [-0.2, -0.15) is 26.3 Å². The second kappa shape index (κ2) is 12.1. The number of piperidine rings is 1. The standard InChI is InChI=1S/C28H30F6N4O4/c1-42-25(40)18(12-16-13-20(27(29,30)31)24(35)21(14-16)28(32,33)34)15-23(39)37-9-7-19(8-10-37)38-11-6-17-4-2-3-5-22(17)36-26(38)41/h2-5,13-14,18-19H,6-12,15,35H2,1H3,(H,36,41). The van der Waals surface area contributed by atoms with Crippen LogP contribution in [-0.2, 0) is 39.5 Å². The Morgan fingerprint density at radius 3 is 2.19 bits per heavy atom. The highest BCUT2D eigenvalue weighted by atomic mass is 19.4. The minimum Gasteiger partial charge on any atom is -0.469 e. The molecule has 0 spiro atoms. The number of nitrogens with one attached hydrogen (secondary N) is 1. The van der Waals surface area contributed by atoms with Crippen LogP contribution in [0.1, 0.15) is 41.5 Å². The maximum absolute atomic E-state index is 13.5. The number of para-hydroxylation sites is 1. The van der Waals surface area contributed by atoms with Gasteiger partial charge in [0.2, 0.25) is 5.91 Å². The molecule has 0 radical (unpaired) electrons. The molecule has 2 aromatic carbocycles. The molecule has 8 nitrogen and oxygen atoms in total. The molecular formula is C28H30F6N4O4. The Morgan fingerprint density at radius 2 is 1.62 bits per heavy atom. The summed E-state index contributed by atoms with van der Waals surface area (Å²) in [5, 5.41) is 2.91. The zero-order valence-electron chi connectivity index (χ0n) is 22.6. The molecule has 0 saturated carbocycles. The van der Waals surface area contributed by atoms with Crippen LogP contribution < -0.4 is 11.1 Å². The molecule has 0 aromatic heterocycles. The molecule has 3 N–H and O–H groups in total. The molecule has 228 valence electrons. The van der Waals surface area contributed by atoms with Gasteiger partial charge in [-0.3, -0.25) is 9.59 Å². The third-order valence-electron chi connectivity index (χ3n) is 7.69. The van der Waals surface area contributed by atoms with Crippen molar-refractivity contribution in [2.75, 3.05) is 37.8 Å². The van der Waals surface area contributed by atoms with Crippen LogP contribution in [0.4, 0.5) is 42.5 Å². The minimum atomic E-state index is -5.17. The number of carbonyl (C=O) groups is 3. The van der Waals surface area contributed by atoms with Crippen molar-refractivity contribution in [3.05, 3.63) is 58.7 Å². The van der Waals surface area contributed by atoms with Gasteiger partial charge in [-0.15, -0.1) is 0 Å². The van der Waals surface area contributed by atoms with E-state index in [0.717, 1.165) is 18.4 Å². The van der Waals surface area contributed by atoms with E-state index in [9.17, 15) is 40.7 Å². The van der Waals surface area contributed by atoms with Crippen molar-refractivity contribution >= 4 is 29.3 Å². The Kier molecular flexibility index (Phi) is 8.92. The molecule has 2 aliphatic rings. The van der Waals surface area contributed by atoms with Crippen molar-refractivity contribution in [3.8, 4) is 0 Å². The molecule has 1 atom stereocenters. The van der Waals surface area contributed by atoms with Crippen LogP contribution in [-0.4, -0.2) is 60.5 Å². The van der Waals surface area contributed by atoms with Crippen molar-refractivity contribution in [2.45, 2.75) is 50.5 Å². The number of hydrogen-bond donors (Lipinski definition) is 2. The van der Waals surface area contributed by atoms with Crippen molar-refractivity contribution in [1.82, 2.24) is 9.80 Å². The van der Waals surface area contributed by atoms with Gasteiger partial charge in [0.25, 0.3) is 0 Å². The number of alkyl halides is 6. The fraction of sp³-hybridized carbons (Fsp3) is 0.464. The Morgan fingerprint density at radius 1 is 1.02 bits per heavy atom. The van der Waals surface area contributed by atoms with Gasteiger partial charge in [0.05, 0.1) is 29.8 Å². The number of anilines is 2. The number of benzene rings is 2. The molecule has 1 unspecified atom stereocenters.